The minimum atomic E-state index is 0.0418. The molecule has 0 spiro atoms. The largest absolute Gasteiger partial charge is 0.380 e. The van der Waals surface area contributed by atoms with Crippen molar-refractivity contribution in [2.75, 3.05) is 5.32 Å². The molecule has 1 aromatic heterocycles. The first-order valence-corrected chi connectivity index (χ1v) is 6.61. The van der Waals surface area contributed by atoms with Crippen molar-refractivity contribution in [2.45, 2.75) is 33.9 Å². The summed E-state index contributed by atoms with van der Waals surface area (Å²) in [7, 11) is 0. The summed E-state index contributed by atoms with van der Waals surface area (Å²) in [6, 6.07) is 9.76. The van der Waals surface area contributed by atoms with Gasteiger partial charge in [-0.05, 0) is 43.5 Å². The number of anilines is 1. The summed E-state index contributed by atoms with van der Waals surface area (Å²) in [6.07, 6.45) is 1.87. The first-order valence-electron chi connectivity index (χ1n) is 6.61. The van der Waals surface area contributed by atoms with Crippen LogP contribution in [0.15, 0.2) is 41.3 Å². The van der Waals surface area contributed by atoms with E-state index >= 15 is 0 Å². The second-order valence-corrected chi connectivity index (χ2v) is 4.77. The molecule has 19 heavy (non-hydrogen) atoms. The zero-order chi connectivity index (χ0) is 13.8. The quantitative estimate of drug-likeness (QED) is 0.912. The van der Waals surface area contributed by atoms with Crippen molar-refractivity contribution >= 4 is 5.69 Å². The number of hydrogen-bond donors (Lipinski definition) is 1. The van der Waals surface area contributed by atoms with E-state index in [0.29, 0.717) is 6.54 Å². The molecular formula is C16H20N2O. The van der Waals surface area contributed by atoms with E-state index in [4.69, 9.17) is 0 Å². The molecule has 0 bridgehead atoms. The Morgan fingerprint density at radius 1 is 1.11 bits per heavy atom. The van der Waals surface area contributed by atoms with E-state index in [9.17, 15) is 4.79 Å². The topological polar surface area (TPSA) is 34.0 Å². The van der Waals surface area contributed by atoms with Gasteiger partial charge in [-0.2, -0.15) is 0 Å². The van der Waals surface area contributed by atoms with Gasteiger partial charge in [0.2, 0.25) is 0 Å². The average molecular weight is 256 g/mol. The number of nitrogens with one attached hydrogen (secondary N) is 1. The van der Waals surface area contributed by atoms with Crippen LogP contribution in [0, 0.1) is 13.8 Å². The van der Waals surface area contributed by atoms with Crippen LogP contribution in [0.4, 0.5) is 5.69 Å². The predicted molar refractivity (Wildman–Crippen MR) is 79.6 cm³/mol. The van der Waals surface area contributed by atoms with Crippen molar-refractivity contribution in [1.82, 2.24) is 4.57 Å². The maximum absolute atomic E-state index is 11.5. The predicted octanol–water partition coefficient (Wildman–Crippen LogP) is 3.10. The number of nitrogens with zero attached hydrogens (tertiary/aromatic N) is 1. The molecule has 0 unspecified atom stereocenters. The summed E-state index contributed by atoms with van der Waals surface area (Å²) < 4.78 is 1.70. The molecule has 0 fully saturated rings. The van der Waals surface area contributed by atoms with Gasteiger partial charge in [0.25, 0.3) is 5.56 Å². The monoisotopic (exact) mass is 256 g/mol. The minimum absolute atomic E-state index is 0.0418. The molecule has 0 amide bonds. The highest BCUT2D eigenvalue weighted by atomic mass is 16.1. The van der Waals surface area contributed by atoms with Crippen LogP contribution in [0.25, 0.3) is 0 Å². The zero-order valence-electron chi connectivity index (χ0n) is 11.7. The van der Waals surface area contributed by atoms with Gasteiger partial charge in [0.1, 0.15) is 0 Å². The number of benzene rings is 1. The van der Waals surface area contributed by atoms with Crippen molar-refractivity contribution in [3.05, 3.63) is 63.6 Å². The molecular weight excluding hydrogens is 236 g/mol. The summed E-state index contributed by atoms with van der Waals surface area (Å²) in [5.41, 5.74) is 4.91. The Morgan fingerprint density at radius 2 is 1.79 bits per heavy atom. The van der Waals surface area contributed by atoms with E-state index in [1.165, 1.54) is 16.7 Å². The van der Waals surface area contributed by atoms with Crippen molar-refractivity contribution in [3.8, 4) is 0 Å². The highest BCUT2D eigenvalue weighted by Crippen LogP contribution is 2.15. The molecule has 100 valence electrons. The van der Waals surface area contributed by atoms with E-state index in [1.807, 2.05) is 19.2 Å². The molecule has 0 aliphatic rings. The molecule has 1 heterocycles. The first-order chi connectivity index (χ1) is 9.11. The number of hydrogen-bond acceptors (Lipinski definition) is 2. The first kappa shape index (κ1) is 13.4. The Bertz CT molecular complexity index is 609. The standard InChI is InChI=1S/C16H20N2O/c1-4-18-11-14(8-9-16(18)19)17-10-15-12(2)6-5-7-13(15)3/h5-9,11,17H,4,10H2,1-3H3. The van der Waals surface area contributed by atoms with Gasteiger partial charge in [0, 0.05) is 25.4 Å². The summed E-state index contributed by atoms with van der Waals surface area (Å²) in [6.45, 7) is 7.68. The maximum atomic E-state index is 11.5. The van der Waals surface area contributed by atoms with Gasteiger partial charge in [-0.15, -0.1) is 0 Å². The Labute approximate surface area is 113 Å². The van der Waals surface area contributed by atoms with Gasteiger partial charge in [-0.1, -0.05) is 18.2 Å². The smallest absolute Gasteiger partial charge is 0.250 e. The number of aromatic nitrogens is 1. The lowest BCUT2D eigenvalue weighted by molar-refractivity contribution is 0.727. The summed E-state index contributed by atoms with van der Waals surface area (Å²) in [5.74, 6) is 0. The van der Waals surface area contributed by atoms with Crippen molar-refractivity contribution < 1.29 is 0 Å². The van der Waals surface area contributed by atoms with E-state index in [2.05, 4.69) is 37.4 Å². The Hall–Kier alpha value is -2.03. The number of pyridine rings is 1. The molecule has 2 rings (SSSR count). The minimum Gasteiger partial charge on any atom is -0.380 e. The van der Waals surface area contributed by atoms with Crippen LogP contribution >= 0.6 is 0 Å². The molecule has 0 atom stereocenters. The number of rotatable bonds is 4. The van der Waals surface area contributed by atoms with E-state index in [0.717, 1.165) is 12.2 Å². The molecule has 2 aromatic rings. The van der Waals surface area contributed by atoms with Gasteiger partial charge in [0.15, 0.2) is 0 Å². The third kappa shape index (κ3) is 3.05. The third-order valence-corrected chi connectivity index (χ3v) is 3.44. The van der Waals surface area contributed by atoms with Gasteiger partial charge in [-0.25, -0.2) is 0 Å². The van der Waals surface area contributed by atoms with Crippen LogP contribution in [0.2, 0.25) is 0 Å². The molecule has 0 aliphatic carbocycles. The molecule has 0 saturated heterocycles. The lowest BCUT2D eigenvalue weighted by atomic mass is 10.0. The highest BCUT2D eigenvalue weighted by Gasteiger charge is 2.02. The normalized spacial score (nSPS) is 10.5. The Kier molecular flexibility index (Phi) is 4.05. The Balaban J connectivity index is 2.17. The van der Waals surface area contributed by atoms with Crippen molar-refractivity contribution in [1.29, 1.82) is 0 Å². The van der Waals surface area contributed by atoms with Gasteiger partial charge in [-0.3, -0.25) is 4.79 Å². The van der Waals surface area contributed by atoms with Crippen LogP contribution in [-0.4, -0.2) is 4.57 Å². The zero-order valence-corrected chi connectivity index (χ0v) is 11.7. The van der Waals surface area contributed by atoms with Crippen LogP contribution in [0.3, 0.4) is 0 Å². The van der Waals surface area contributed by atoms with E-state index < -0.39 is 0 Å². The average Bonchev–Trinajstić information content (AvgIpc) is 2.40. The summed E-state index contributed by atoms with van der Waals surface area (Å²) >= 11 is 0. The van der Waals surface area contributed by atoms with Crippen LogP contribution in [0.5, 0.6) is 0 Å². The maximum Gasteiger partial charge on any atom is 0.250 e. The second-order valence-electron chi connectivity index (χ2n) is 4.77. The fourth-order valence-electron chi connectivity index (χ4n) is 2.20. The molecule has 0 saturated carbocycles. The fraction of sp³-hybridized carbons (Fsp3) is 0.312. The van der Waals surface area contributed by atoms with Crippen LogP contribution in [0.1, 0.15) is 23.6 Å². The molecule has 3 heteroatoms. The van der Waals surface area contributed by atoms with Crippen molar-refractivity contribution in [2.24, 2.45) is 0 Å². The van der Waals surface area contributed by atoms with E-state index in [1.54, 1.807) is 10.6 Å². The SMILES string of the molecule is CCn1cc(NCc2c(C)cccc2C)ccc1=O. The molecule has 3 nitrogen and oxygen atoms in total. The molecule has 0 radical (unpaired) electrons. The number of aryl methyl sites for hydroxylation is 3. The van der Waals surface area contributed by atoms with Crippen LogP contribution in [-0.2, 0) is 13.1 Å². The van der Waals surface area contributed by atoms with Crippen LogP contribution < -0.4 is 10.9 Å². The second kappa shape index (κ2) is 5.74. The Morgan fingerprint density at radius 3 is 2.42 bits per heavy atom. The van der Waals surface area contributed by atoms with Gasteiger partial charge < -0.3 is 9.88 Å². The van der Waals surface area contributed by atoms with E-state index in [-0.39, 0.29) is 5.56 Å². The summed E-state index contributed by atoms with van der Waals surface area (Å²) in [4.78, 5) is 11.5. The molecule has 0 aliphatic heterocycles. The third-order valence-electron chi connectivity index (χ3n) is 3.44. The van der Waals surface area contributed by atoms with Gasteiger partial charge in [0.05, 0.1) is 5.69 Å². The summed E-state index contributed by atoms with van der Waals surface area (Å²) in [5, 5.41) is 3.38. The lowest BCUT2D eigenvalue weighted by Crippen LogP contribution is -2.18. The molecule has 1 aromatic carbocycles. The van der Waals surface area contributed by atoms with Gasteiger partial charge >= 0.3 is 0 Å². The lowest BCUT2D eigenvalue weighted by Gasteiger charge is -2.13. The highest BCUT2D eigenvalue weighted by molar-refractivity contribution is 5.43. The van der Waals surface area contributed by atoms with Crippen molar-refractivity contribution in [3.63, 3.8) is 0 Å². The fourth-order valence-corrected chi connectivity index (χ4v) is 2.20. The molecule has 1 N–H and O–H groups in total.